The fourth-order valence-electron chi connectivity index (χ4n) is 10.8. The van der Waals surface area contributed by atoms with Crippen LogP contribution in [0.25, 0.3) is 0 Å². The lowest BCUT2D eigenvalue weighted by Crippen LogP contribution is -2.51. The van der Waals surface area contributed by atoms with Gasteiger partial charge in [0.25, 0.3) is 0 Å². The predicted molar refractivity (Wildman–Crippen MR) is 191 cm³/mol. The molecule has 0 bridgehead atoms. The zero-order chi connectivity index (χ0) is 31.7. The lowest BCUT2D eigenvalue weighted by Gasteiger charge is -2.46. The Hall–Kier alpha value is -0.240. The number of hydrogen-bond acceptors (Lipinski definition) is 6. The largest absolute Gasteiger partial charge is 0.303 e. The molecule has 45 heavy (non-hydrogen) atoms. The highest BCUT2D eigenvalue weighted by Gasteiger charge is 2.41. The fourth-order valence-corrected chi connectivity index (χ4v) is 10.8. The summed E-state index contributed by atoms with van der Waals surface area (Å²) in [6.07, 6.45) is 11.3. The SMILES string of the molecule is CC(C)N1CCC2CCN(CCCC(C)N3CC4CCN(C(C)CCC(C)N5CCC6CN(C(C)C)CC6C5)CC4C3)CC2C1. The minimum absolute atomic E-state index is 0.714. The highest BCUT2D eigenvalue weighted by molar-refractivity contribution is 4.95. The van der Waals surface area contributed by atoms with Gasteiger partial charge in [-0.3, -0.25) is 0 Å². The van der Waals surface area contributed by atoms with Crippen molar-refractivity contribution >= 4 is 0 Å². The van der Waals surface area contributed by atoms with Gasteiger partial charge in [0.2, 0.25) is 0 Å². The summed E-state index contributed by atoms with van der Waals surface area (Å²) in [6.45, 7) is 34.7. The summed E-state index contributed by atoms with van der Waals surface area (Å²) in [5.74, 6) is 5.64. The third-order valence-electron chi connectivity index (χ3n) is 14.4. The Labute approximate surface area is 279 Å². The van der Waals surface area contributed by atoms with Crippen LogP contribution in [0.1, 0.15) is 99.8 Å². The molecule has 9 atom stereocenters. The first-order chi connectivity index (χ1) is 21.6. The third kappa shape index (κ3) is 8.50. The first kappa shape index (κ1) is 34.6. The van der Waals surface area contributed by atoms with Crippen molar-refractivity contribution in [3.63, 3.8) is 0 Å². The number of piperidine rings is 4. The molecular weight excluding hydrogens is 552 g/mol. The second kappa shape index (κ2) is 15.5. The van der Waals surface area contributed by atoms with Gasteiger partial charge in [0.1, 0.15) is 0 Å². The standard InChI is InChI=1S/C39H74N6/c1-29(2)41-18-13-34-12-17-40(21-37(34)24-41)16-8-9-31(5)45-23-36-15-20-43(26-39(36)28-45)33(7)11-10-32(6)42-19-14-35-22-44(30(3)4)27-38(35)25-42/h29-39H,8-28H2,1-7H3. The Morgan fingerprint density at radius 2 is 0.822 bits per heavy atom. The quantitative estimate of drug-likeness (QED) is 0.276. The topological polar surface area (TPSA) is 19.4 Å². The molecule has 6 heteroatoms. The summed E-state index contributed by atoms with van der Waals surface area (Å²) in [5, 5.41) is 0. The molecule has 0 aromatic carbocycles. The maximum absolute atomic E-state index is 2.90. The van der Waals surface area contributed by atoms with E-state index in [1.807, 2.05) is 0 Å². The van der Waals surface area contributed by atoms with Crippen LogP contribution < -0.4 is 0 Å². The highest BCUT2D eigenvalue weighted by atomic mass is 15.2. The first-order valence-electron chi connectivity index (χ1n) is 20.1. The summed E-state index contributed by atoms with van der Waals surface area (Å²) in [4.78, 5) is 17.0. The number of rotatable bonds is 12. The molecule has 9 unspecified atom stereocenters. The lowest BCUT2D eigenvalue weighted by atomic mass is 9.79. The maximum atomic E-state index is 2.90. The van der Waals surface area contributed by atoms with Crippen molar-refractivity contribution in [2.24, 2.45) is 35.5 Å². The van der Waals surface area contributed by atoms with E-state index in [1.54, 1.807) is 0 Å². The molecule has 6 aliphatic heterocycles. The Balaban J connectivity index is 0.874. The van der Waals surface area contributed by atoms with Gasteiger partial charge in [-0.25, -0.2) is 0 Å². The van der Waals surface area contributed by atoms with Crippen LogP contribution in [0.3, 0.4) is 0 Å². The number of nitrogens with zero attached hydrogens (tertiary/aromatic N) is 6. The third-order valence-corrected chi connectivity index (χ3v) is 14.4. The molecular formula is C39H74N6. The molecule has 0 N–H and O–H groups in total. The van der Waals surface area contributed by atoms with Gasteiger partial charge < -0.3 is 29.4 Å². The van der Waals surface area contributed by atoms with Crippen molar-refractivity contribution in [2.75, 3.05) is 85.1 Å². The summed E-state index contributed by atoms with van der Waals surface area (Å²) in [6, 6.07) is 3.66. The number of fused-ring (bicyclic) bond motifs is 3. The van der Waals surface area contributed by atoms with Crippen LogP contribution >= 0.6 is 0 Å². The van der Waals surface area contributed by atoms with Crippen molar-refractivity contribution < 1.29 is 0 Å². The van der Waals surface area contributed by atoms with Gasteiger partial charge in [-0.1, -0.05) is 0 Å². The normalized spacial score (nSPS) is 36.7. The molecule has 0 aliphatic carbocycles. The van der Waals surface area contributed by atoms with E-state index in [0.29, 0.717) is 12.1 Å². The number of hydrogen-bond donors (Lipinski definition) is 0. The van der Waals surface area contributed by atoms with Crippen LogP contribution in [0.15, 0.2) is 0 Å². The minimum atomic E-state index is 0.714. The van der Waals surface area contributed by atoms with E-state index in [4.69, 9.17) is 0 Å². The van der Waals surface area contributed by atoms with Crippen LogP contribution in [0.5, 0.6) is 0 Å². The first-order valence-corrected chi connectivity index (χ1v) is 20.1. The zero-order valence-electron chi connectivity index (χ0n) is 30.9. The molecule has 6 saturated heterocycles. The molecule has 0 amide bonds. The molecule has 6 nitrogen and oxygen atoms in total. The van der Waals surface area contributed by atoms with Gasteiger partial charge in [0.15, 0.2) is 0 Å². The maximum Gasteiger partial charge on any atom is 0.00676 e. The van der Waals surface area contributed by atoms with E-state index in [1.165, 1.54) is 136 Å². The Morgan fingerprint density at radius 3 is 1.44 bits per heavy atom. The van der Waals surface area contributed by atoms with Gasteiger partial charge in [0.05, 0.1) is 0 Å². The van der Waals surface area contributed by atoms with Crippen LogP contribution in [0.2, 0.25) is 0 Å². The Kier molecular flexibility index (Phi) is 12.0. The molecule has 0 radical (unpaired) electrons. The molecule has 260 valence electrons. The van der Waals surface area contributed by atoms with Crippen molar-refractivity contribution in [2.45, 2.75) is 130 Å². The van der Waals surface area contributed by atoms with Crippen LogP contribution in [-0.4, -0.2) is 145 Å². The molecule has 6 rings (SSSR count). The summed E-state index contributed by atoms with van der Waals surface area (Å²) < 4.78 is 0. The van der Waals surface area contributed by atoms with Crippen molar-refractivity contribution in [3.05, 3.63) is 0 Å². The van der Waals surface area contributed by atoms with Gasteiger partial charge >= 0.3 is 0 Å². The van der Waals surface area contributed by atoms with E-state index < -0.39 is 0 Å². The molecule has 6 heterocycles. The molecule has 0 saturated carbocycles. The minimum Gasteiger partial charge on any atom is -0.303 e. The number of likely N-dealkylation sites (tertiary alicyclic amines) is 6. The lowest BCUT2D eigenvalue weighted by molar-refractivity contribution is 0.0283. The smallest absolute Gasteiger partial charge is 0.00676 e. The van der Waals surface area contributed by atoms with E-state index in [-0.39, 0.29) is 0 Å². The van der Waals surface area contributed by atoms with E-state index in [9.17, 15) is 0 Å². The summed E-state index contributed by atoms with van der Waals surface area (Å²) >= 11 is 0. The van der Waals surface area contributed by atoms with Crippen molar-refractivity contribution in [1.29, 1.82) is 0 Å². The Morgan fingerprint density at radius 1 is 0.400 bits per heavy atom. The average Bonchev–Trinajstić information content (AvgIpc) is 3.67. The van der Waals surface area contributed by atoms with Crippen LogP contribution in [-0.2, 0) is 0 Å². The van der Waals surface area contributed by atoms with E-state index in [0.717, 1.165) is 53.6 Å². The summed E-state index contributed by atoms with van der Waals surface area (Å²) in [7, 11) is 0. The monoisotopic (exact) mass is 627 g/mol. The second-order valence-corrected chi connectivity index (χ2v) is 17.9. The average molecular weight is 627 g/mol. The van der Waals surface area contributed by atoms with Gasteiger partial charge in [-0.2, -0.15) is 0 Å². The van der Waals surface area contributed by atoms with Crippen LogP contribution in [0.4, 0.5) is 0 Å². The van der Waals surface area contributed by atoms with E-state index in [2.05, 4.69) is 77.9 Å². The fraction of sp³-hybridized carbons (Fsp3) is 1.00. The predicted octanol–water partition coefficient (Wildman–Crippen LogP) is 5.68. The van der Waals surface area contributed by atoms with Gasteiger partial charge in [0, 0.05) is 82.6 Å². The zero-order valence-corrected chi connectivity index (χ0v) is 30.9. The molecule has 0 spiro atoms. The second-order valence-electron chi connectivity index (χ2n) is 17.9. The summed E-state index contributed by atoms with van der Waals surface area (Å²) in [5.41, 5.74) is 0. The molecule has 0 aromatic heterocycles. The van der Waals surface area contributed by atoms with Crippen molar-refractivity contribution in [1.82, 2.24) is 29.4 Å². The molecule has 6 fully saturated rings. The van der Waals surface area contributed by atoms with Crippen LogP contribution in [0, 0.1) is 35.5 Å². The highest BCUT2D eigenvalue weighted by Crippen LogP contribution is 2.36. The van der Waals surface area contributed by atoms with Gasteiger partial charge in [-0.05, 0) is 168 Å². The van der Waals surface area contributed by atoms with E-state index >= 15 is 0 Å². The van der Waals surface area contributed by atoms with Crippen molar-refractivity contribution in [3.8, 4) is 0 Å². The molecule has 6 aliphatic rings. The molecule has 0 aromatic rings. The Bertz CT molecular complexity index is 910. The van der Waals surface area contributed by atoms with Gasteiger partial charge in [-0.15, -0.1) is 0 Å².